The first kappa shape index (κ1) is 75.4. The summed E-state index contributed by atoms with van der Waals surface area (Å²) in [5, 5.41) is 16.2. The van der Waals surface area contributed by atoms with Crippen molar-refractivity contribution < 1.29 is 39.0 Å². The van der Waals surface area contributed by atoms with E-state index in [-0.39, 0.29) is 77.0 Å². The van der Waals surface area contributed by atoms with Gasteiger partial charge in [-0.1, -0.05) is 142 Å². The van der Waals surface area contributed by atoms with E-state index in [2.05, 4.69) is 145 Å². The summed E-state index contributed by atoms with van der Waals surface area (Å²) < 4.78 is 5.07. The van der Waals surface area contributed by atoms with Gasteiger partial charge in [0.05, 0.1) is 25.3 Å². The van der Waals surface area contributed by atoms with Crippen molar-refractivity contribution in [1.82, 2.24) is 14.7 Å². The molecule has 0 aliphatic carbocycles. The predicted molar refractivity (Wildman–Crippen MR) is 406 cm³/mol. The molecule has 13 nitrogen and oxygen atoms in total. The predicted octanol–water partition coefficient (Wildman–Crippen LogP) is 16.3. The number of amides is 4. The Labute approximate surface area is 586 Å². The molecule has 0 aromatic heterocycles. The Hall–Kier alpha value is -2.04. The molecule has 0 unspecified atom stereocenters. The van der Waals surface area contributed by atoms with Gasteiger partial charge in [-0.05, 0) is 119 Å². The number of aliphatic carboxylic acids is 1. The van der Waals surface area contributed by atoms with Crippen molar-refractivity contribution in [2.45, 2.75) is 97.2 Å². The summed E-state index contributed by atoms with van der Waals surface area (Å²) in [6, 6.07) is 50.4. The number of hydrogen-bond acceptors (Lipinski definition) is 8. The zero-order valence-corrected chi connectivity index (χ0v) is 63.3. The molecule has 6 N–H and O–H groups in total. The number of fused-ring (bicyclic) bond motifs is 2. The number of carbonyl (C=O) groups is 6. The topological polar surface area (TPSA) is 196 Å². The molecule has 7 aromatic rings. The van der Waals surface area contributed by atoms with Crippen molar-refractivity contribution in [3.63, 3.8) is 0 Å². The molecule has 3 aliphatic heterocycles. The zero-order chi connectivity index (χ0) is 60.3. The molecule has 3 saturated heterocycles. The minimum absolute atomic E-state index is 0. The molecule has 3 fully saturated rings. The van der Waals surface area contributed by atoms with E-state index in [0.717, 1.165) is 74.4 Å². The number of nitrogens with zero attached hydrogens (tertiary/aromatic N) is 3. The summed E-state index contributed by atoms with van der Waals surface area (Å²) in [6.45, 7) is 1.76. The number of carbonyl (C=O) groups excluding carboxylic acids is 5. The maximum atomic E-state index is 13.3. The third-order valence-electron chi connectivity index (χ3n) is 13.7. The van der Waals surface area contributed by atoms with Crippen molar-refractivity contribution >= 4 is 214 Å². The number of hydrogen-bond donors (Lipinski definition) is 4. The van der Waals surface area contributed by atoms with Crippen LogP contribution in [0.5, 0.6) is 0 Å². The number of carboxylic acid groups (broad SMARTS) is 1. The summed E-state index contributed by atoms with van der Waals surface area (Å²) in [5.74, 6) is -1.13. The third-order valence-corrected chi connectivity index (χ3v) is 13.7. The van der Waals surface area contributed by atoms with Gasteiger partial charge < -0.3 is 44.0 Å². The molecule has 7 aromatic carbocycles. The van der Waals surface area contributed by atoms with Gasteiger partial charge in [-0.15, -0.1) is 0 Å². The molecule has 85 heavy (non-hydrogen) atoms. The number of benzene rings is 7. The van der Waals surface area contributed by atoms with Gasteiger partial charge in [0.15, 0.2) is 5.78 Å². The molecule has 3 atom stereocenters. The Morgan fingerprint density at radius 3 is 1.27 bits per heavy atom. The second-order valence-electron chi connectivity index (χ2n) is 19.7. The van der Waals surface area contributed by atoms with Crippen molar-refractivity contribution in [3.8, 4) is 0 Å². The van der Waals surface area contributed by atoms with Crippen LogP contribution in [0.4, 0.5) is 17.1 Å². The van der Waals surface area contributed by atoms with Crippen LogP contribution < -0.4 is 16.8 Å². The second kappa shape index (κ2) is 38.0. The fourth-order valence-corrected chi connectivity index (χ4v) is 9.99. The number of Topliss-reactive ketones (excluding diaryl/α,β-unsaturated/α-hetero) is 1. The van der Waals surface area contributed by atoms with E-state index in [0.29, 0.717) is 51.0 Å². The number of carboxylic acids is 1. The van der Waals surface area contributed by atoms with Crippen LogP contribution in [0.25, 0.3) is 21.5 Å². The first-order chi connectivity index (χ1) is 39.3. The molecular formula is C63H74I7N6O7V2-. The Morgan fingerprint density at radius 2 is 0.847 bits per heavy atom. The van der Waals surface area contributed by atoms with Gasteiger partial charge in [0.25, 0.3) is 0 Å². The van der Waals surface area contributed by atoms with Crippen LogP contribution in [-0.2, 0) is 59.6 Å². The van der Waals surface area contributed by atoms with Gasteiger partial charge in [-0.25, -0.2) is 4.79 Å². The van der Waals surface area contributed by atoms with Crippen molar-refractivity contribution in [2.24, 2.45) is 0 Å². The van der Waals surface area contributed by atoms with E-state index >= 15 is 0 Å². The number of nitrogens with two attached hydrogens (primary N) is 2. The molecule has 3 aliphatic rings. The molecule has 458 valence electrons. The summed E-state index contributed by atoms with van der Waals surface area (Å²) >= 11 is 17.0. The van der Waals surface area contributed by atoms with E-state index < -0.39 is 23.2 Å². The summed E-state index contributed by atoms with van der Waals surface area (Å²) in [7, 11) is -0.998. The SMILES string of the molecule is C.C.Nc1ccc2cc(N)ccc2c1.O=C(Cc1ccc2cc(NC(=O)[C@@H]3CCCN3C(=O)Cc3ccccc3)ccc2c1)[C@@H]1CCCN1C(=O)Cc1ccccc1.O=C(O)[C@@H]1CCCN1C(=O)Cc1ccccc1.[2H][V]([I])[I].[CH3-].[I][V]([I])([I])([I])[I]. The van der Waals surface area contributed by atoms with Gasteiger partial charge >= 0.3 is 152 Å². The molecule has 3 heterocycles. The standard InChI is InChI=1S/C37H37N3O4.C13H15NO3.C10H10N2.2CH4.CH3.7HI.2V.H/c41-34(32-13-7-19-39(32)35(42)23-26-9-3-1-4-10-26)22-28-15-16-30-25-31(18-17-29(30)21-28)38-37(44)33-14-8-20-40(33)36(43)24-27-11-5-2-6-12-27;15-12(9-10-5-2-1-3-6-10)14-8-4-7-11(14)13(16)17;11-9-3-1-7-5-10(12)4-2-8(7)6-9;;;;;;;;;;;;;/h1-6,9-12,15-18,21,25,32-33H,7-8,13-14,19-20,22-24H2,(H,38,44);1-3,5-6,11H,4,7-9H2,(H,16,17);1-6H,11-12H2;2*1H4;1H3;7*1H;;;/q;;;;;-1;;;;;;;;+2;+5;/p-7/t32-,33-;11-;;;;;;;;;;;;;;/m00............../s1/i;;;;;;;;;;;;;;;1+1. The summed E-state index contributed by atoms with van der Waals surface area (Å²) in [5.41, 5.74) is 17.2. The van der Waals surface area contributed by atoms with Gasteiger partial charge in [0, 0.05) is 43.1 Å². The number of likely N-dealkylation sites (tertiary alicyclic amines) is 3. The number of ketones is 1. The van der Waals surface area contributed by atoms with Gasteiger partial charge in [-0.2, -0.15) is 0 Å². The fraction of sp³-hybridized carbons (Fsp3) is 0.286. The number of nitrogen functional groups attached to an aromatic ring is 2. The molecule has 0 saturated carbocycles. The Balaban J connectivity index is 0.000000375. The van der Waals surface area contributed by atoms with Gasteiger partial charge in [0.1, 0.15) is 12.1 Å². The van der Waals surface area contributed by atoms with E-state index in [9.17, 15) is 28.8 Å². The molecule has 0 spiro atoms. The Morgan fingerprint density at radius 1 is 0.506 bits per heavy atom. The van der Waals surface area contributed by atoms with Crippen LogP contribution in [0.1, 0.15) is 75.6 Å². The molecule has 22 heteroatoms. The van der Waals surface area contributed by atoms with Crippen LogP contribution in [-0.4, -0.2) is 93.8 Å². The van der Waals surface area contributed by atoms with Crippen LogP contribution in [0.2, 0.25) is 0 Å². The zero-order valence-electron chi connectivity index (χ0n) is 46.4. The fourth-order valence-electron chi connectivity index (χ4n) is 9.99. The van der Waals surface area contributed by atoms with E-state index in [1.165, 1.54) is 4.90 Å². The van der Waals surface area contributed by atoms with E-state index in [1.807, 2.05) is 164 Å². The van der Waals surface area contributed by atoms with E-state index in [4.69, 9.17) is 17.5 Å². The minimum atomic E-state index is -1.64. The quantitative estimate of drug-likeness (QED) is 0.0523. The maximum absolute atomic E-state index is 13.3. The van der Waals surface area contributed by atoms with Gasteiger partial charge in [0.2, 0.25) is 23.6 Å². The number of nitrogens with one attached hydrogen (secondary N) is 1. The molecule has 0 bridgehead atoms. The molecule has 4 amide bonds. The third kappa shape index (κ3) is 26.8. The van der Waals surface area contributed by atoms with E-state index in [1.54, 1.807) is 9.80 Å². The van der Waals surface area contributed by atoms with Crippen molar-refractivity contribution in [2.75, 3.05) is 36.4 Å². The Kier molecular flexibility index (Phi) is 33.7. The Bertz CT molecular complexity index is 3170. The summed E-state index contributed by atoms with van der Waals surface area (Å²) in [6.07, 6.45) is 5.47. The van der Waals surface area contributed by atoms with Crippen LogP contribution in [0.15, 0.2) is 164 Å². The van der Waals surface area contributed by atoms with Gasteiger partial charge in [-0.3, -0.25) is 24.0 Å². The molecule has 0 radical (unpaired) electrons. The van der Waals surface area contributed by atoms with Crippen molar-refractivity contribution in [3.05, 3.63) is 193 Å². The van der Waals surface area contributed by atoms with Crippen LogP contribution >= 0.6 is 140 Å². The second-order valence-corrected chi connectivity index (χ2v) is 149. The normalized spacial score (nSPS) is 16.4. The van der Waals surface area contributed by atoms with Crippen LogP contribution in [0, 0.1) is 7.43 Å². The monoisotopic (exact) mass is 2020 g/mol. The average Bonchev–Trinajstić information content (AvgIpc) is 2.20. The summed E-state index contributed by atoms with van der Waals surface area (Å²) in [4.78, 5) is 80.4. The first-order valence-electron chi connectivity index (χ1n) is 26.7. The van der Waals surface area contributed by atoms with Crippen molar-refractivity contribution in [1.29, 1.82) is 0.879 Å². The first-order valence-corrected chi connectivity index (χ1v) is 57.7. The molecule has 10 rings (SSSR count). The number of anilines is 3. The average molecular weight is 2020 g/mol. The number of halogens is 7. The molecular weight excluding hydrogens is 1940 g/mol. The van der Waals surface area contributed by atoms with Crippen LogP contribution in [0.3, 0.4) is 0 Å². The number of rotatable bonds is 12.